The SMILES string of the molecule is CCCc1cn2nc(CC)c(C(=O)OC)c2n1-c1ccc(-c2ccccc2-c2noc(C(Cl)(Cl)Cl)n2)cc1. The molecule has 0 saturated carbocycles. The van der Waals surface area contributed by atoms with Gasteiger partial charge in [-0.2, -0.15) is 10.1 Å². The van der Waals surface area contributed by atoms with E-state index in [9.17, 15) is 4.79 Å². The molecular formula is C27H24Cl3N5O3. The largest absolute Gasteiger partial charge is 0.465 e. The molecule has 0 N–H and O–H groups in total. The Morgan fingerprint density at radius 2 is 1.76 bits per heavy atom. The van der Waals surface area contributed by atoms with Crippen molar-refractivity contribution in [2.24, 2.45) is 0 Å². The zero-order chi connectivity index (χ0) is 27.0. The number of alkyl halides is 3. The van der Waals surface area contributed by atoms with Gasteiger partial charge in [0.2, 0.25) is 5.82 Å². The summed E-state index contributed by atoms with van der Waals surface area (Å²) in [6.07, 6.45) is 4.35. The fourth-order valence-electron chi connectivity index (χ4n) is 4.56. The van der Waals surface area contributed by atoms with E-state index in [0.717, 1.165) is 40.9 Å². The van der Waals surface area contributed by atoms with Crippen LogP contribution in [0.25, 0.3) is 33.8 Å². The molecule has 5 aromatic rings. The van der Waals surface area contributed by atoms with Crippen LogP contribution in [-0.4, -0.2) is 37.4 Å². The summed E-state index contributed by atoms with van der Waals surface area (Å²) < 4.78 is 12.3. The Labute approximate surface area is 234 Å². The lowest BCUT2D eigenvalue weighted by Crippen LogP contribution is -2.08. The van der Waals surface area contributed by atoms with Gasteiger partial charge in [-0.3, -0.25) is 4.57 Å². The van der Waals surface area contributed by atoms with E-state index in [2.05, 4.69) is 26.7 Å². The Hall–Kier alpha value is -3.33. The number of benzene rings is 2. The highest BCUT2D eigenvalue weighted by molar-refractivity contribution is 6.66. The van der Waals surface area contributed by atoms with Crippen molar-refractivity contribution < 1.29 is 14.1 Å². The summed E-state index contributed by atoms with van der Waals surface area (Å²) in [5.41, 5.74) is 6.36. The van der Waals surface area contributed by atoms with Gasteiger partial charge in [-0.05, 0) is 36.1 Å². The first kappa shape index (κ1) is 26.3. The molecule has 0 unspecified atom stereocenters. The van der Waals surface area contributed by atoms with E-state index >= 15 is 0 Å². The maximum absolute atomic E-state index is 12.8. The number of hydrogen-bond acceptors (Lipinski definition) is 6. The lowest BCUT2D eigenvalue weighted by molar-refractivity contribution is 0.0601. The second-order valence-corrected chi connectivity index (χ2v) is 10.9. The molecule has 11 heteroatoms. The van der Waals surface area contributed by atoms with Gasteiger partial charge < -0.3 is 9.26 Å². The van der Waals surface area contributed by atoms with Crippen LogP contribution in [0.15, 0.2) is 59.3 Å². The molecule has 38 heavy (non-hydrogen) atoms. The third kappa shape index (κ3) is 4.68. The van der Waals surface area contributed by atoms with Gasteiger partial charge in [-0.1, -0.05) is 96.6 Å². The molecule has 3 aromatic heterocycles. The first-order chi connectivity index (χ1) is 18.3. The molecule has 196 valence electrons. The van der Waals surface area contributed by atoms with Crippen molar-refractivity contribution >= 4 is 46.4 Å². The summed E-state index contributed by atoms with van der Waals surface area (Å²) in [5.74, 6) is -0.187. The third-order valence-electron chi connectivity index (χ3n) is 6.23. The summed E-state index contributed by atoms with van der Waals surface area (Å²) >= 11 is 17.7. The normalized spacial score (nSPS) is 11.8. The number of nitrogens with zero attached hydrogens (tertiary/aromatic N) is 5. The Balaban J connectivity index is 1.61. The first-order valence-electron chi connectivity index (χ1n) is 12.1. The van der Waals surface area contributed by atoms with E-state index in [1.807, 2.05) is 61.7 Å². The number of aryl methyl sites for hydroxylation is 2. The van der Waals surface area contributed by atoms with Gasteiger partial charge in [-0.25, -0.2) is 9.31 Å². The number of rotatable bonds is 7. The summed E-state index contributed by atoms with van der Waals surface area (Å²) in [6.45, 7) is 4.09. The van der Waals surface area contributed by atoms with Crippen molar-refractivity contribution in [1.82, 2.24) is 24.3 Å². The van der Waals surface area contributed by atoms with Gasteiger partial charge in [0.25, 0.3) is 9.68 Å². The van der Waals surface area contributed by atoms with Crippen LogP contribution < -0.4 is 0 Å². The monoisotopic (exact) mass is 571 g/mol. The maximum Gasteiger partial charge on any atom is 0.343 e. The minimum atomic E-state index is -1.81. The minimum absolute atomic E-state index is 0.101. The number of esters is 1. The molecule has 0 saturated heterocycles. The van der Waals surface area contributed by atoms with Crippen molar-refractivity contribution in [2.75, 3.05) is 7.11 Å². The van der Waals surface area contributed by atoms with E-state index in [1.54, 1.807) is 4.52 Å². The summed E-state index contributed by atoms with van der Waals surface area (Å²) in [5, 5.41) is 8.67. The summed E-state index contributed by atoms with van der Waals surface area (Å²) in [6, 6.07) is 15.7. The number of halogens is 3. The highest BCUT2D eigenvalue weighted by atomic mass is 35.6. The van der Waals surface area contributed by atoms with Gasteiger partial charge in [0.15, 0.2) is 5.65 Å². The maximum atomic E-state index is 12.8. The van der Waals surface area contributed by atoms with Crippen LogP contribution in [0.5, 0.6) is 0 Å². The molecule has 8 nitrogen and oxygen atoms in total. The lowest BCUT2D eigenvalue weighted by atomic mass is 9.99. The molecular weight excluding hydrogens is 549 g/mol. The van der Waals surface area contributed by atoms with Crippen molar-refractivity contribution in [3.05, 3.63) is 77.6 Å². The second kappa shape index (κ2) is 10.4. The number of imidazole rings is 1. The zero-order valence-corrected chi connectivity index (χ0v) is 23.2. The Morgan fingerprint density at radius 3 is 2.37 bits per heavy atom. The number of ether oxygens (including phenoxy) is 1. The number of hydrogen-bond donors (Lipinski definition) is 0. The first-order valence-corrected chi connectivity index (χ1v) is 13.2. The molecule has 0 fully saturated rings. The van der Waals surface area contributed by atoms with Gasteiger partial charge in [0.05, 0.1) is 19.0 Å². The second-order valence-electron chi connectivity index (χ2n) is 8.65. The van der Waals surface area contributed by atoms with Gasteiger partial charge in [0, 0.05) is 16.9 Å². The van der Waals surface area contributed by atoms with Crippen LogP contribution in [-0.2, 0) is 21.4 Å². The highest BCUT2D eigenvalue weighted by Gasteiger charge is 2.31. The van der Waals surface area contributed by atoms with Crippen LogP contribution in [0, 0.1) is 0 Å². The van der Waals surface area contributed by atoms with Gasteiger partial charge in [-0.15, -0.1) is 0 Å². The number of aromatic nitrogens is 5. The van der Waals surface area contributed by atoms with Crippen molar-refractivity contribution in [3.8, 4) is 28.2 Å². The van der Waals surface area contributed by atoms with Crippen LogP contribution in [0.1, 0.15) is 47.9 Å². The molecule has 0 bridgehead atoms. The average Bonchev–Trinajstić information content (AvgIpc) is 3.62. The summed E-state index contributed by atoms with van der Waals surface area (Å²) in [7, 11) is 1.39. The standard InChI is InChI=1S/C27H24Cl3N5O3/c1-4-8-18-15-34-24(22(25(36)37-3)21(5-2)32-34)35(18)17-13-11-16(12-14-17)19-9-6-7-10-20(19)23-31-26(38-33-23)27(28,29)30/h6-7,9-15H,4-5,8H2,1-3H3. The fraction of sp³-hybridized carbons (Fsp3) is 0.259. The number of fused-ring (bicyclic) bond motifs is 1. The Bertz CT molecular complexity index is 1610. The number of methoxy groups -OCH3 is 1. The molecule has 0 aliphatic rings. The van der Waals surface area contributed by atoms with Crippen LogP contribution >= 0.6 is 34.8 Å². The summed E-state index contributed by atoms with van der Waals surface area (Å²) in [4.78, 5) is 17.0. The Morgan fingerprint density at radius 1 is 1.05 bits per heavy atom. The molecule has 0 radical (unpaired) electrons. The molecule has 0 amide bonds. The molecule has 2 aromatic carbocycles. The molecule has 0 aliphatic carbocycles. The van der Waals surface area contributed by atoms with Crippen LogP contribution in [0.2, 0.25) is 0 Å². The van der Waals surface area contributed by atoms with Crippen molar-refractivity contribution in [2.45, 2.75) is 36.9 Å². The van der Waals surface area contributed by atoms with Crippen molar-refractivity contribution in [3.63, 3.8) is 0 Å². The molecule has 3 heterocycles. The molecule has 0 atom stereocenters. The van der Waals surface area contributed by atoms with Crippen LogP contribution in [0.4, 0.5) is 0 Å². The highest BCUT2D eigenvalue weighted by Crippen LogP contribution is 2.39. The fourth-order valence-corrected chi connectivity index (χ4v) is 4.79. The topological polar surface area (TPSA) is 87.5 Å². The lowest BCUT2D eigenvalue weighted by Gasteiger charge is -2.12. The van der Waals surface area contributed by atoms with Gasteiger partial charge in [0.1, 0.15) is 5.56 Å². The van der Waals surface area contributed by atoms with Gasteiger partial charge >= 0.3 is 5.97 Å². The van der Waals surface area contributed by atoms with E-state index in [-0.39, 0.29) is 5.89 Å². The average molecular weight is 573 g/mol. The quantitative estimate of drug-likeness (QED) is 0.155. The van der Waals surface area contributed by atoms with E-state index in [4.69, 9.17) is 44.1 Å². The minimum Gasteiger partial charge on any atom is -0.465 e. The van der Waals surface area contributed by atoms with Crippen molar-refractivity contribution in [1.29, 1.82) is 0 Å². The molecule has 5 rings (SSSR count). The smallest absolute Gasteiger partial charge is 0.343 e. The molecule has 0 spiro atoms. The van der Waals surface area contributed by atoms with E-state index in [1.165, 1.54) is 7.11 Å². The Kier molecular flexibility index (Phi) is 7.22. The zero-order valence-electron chi connectivity index (χ0n) is 20.9. The van der Waals surface area contributed by atoms with Crippen LogP contribution in [0.3, 0.4) is 0 Å². The molecule has 0 aliphatic heterocycles. The predicted molar refractivity (Wildman–Crippen MR) is 147 cm³/mol. The van der Waals surface area contributed by atoms with E-state index < -0.39 is 9.76 Å². The predicted octanol–water partition coefficient (Wildman–Crippen LogP) is 6.97. The number of carbonyl (C=O) groups excluding carboxylic acids is 1. The number of carbonyl (C=O) groups is 1. The third-order valence-corrected chi connectivity index (χ3v) is 6.72. The van der Waals surface area contributed by atoms with E-state index in [0.29, 0.717) is 29.1 Å².